The van der Waals surface area contributed by atoms with Crippen LogP contribution >= 0.6 is 0 Å². The number of piperazine rings is 1. The van der Waals surface area contributed by atoms with Crippen LogP contribution in [-0.2, 0) is 4.79 Å². The first-order chi connectivity index (χ1) is 9.60. The molecule has 1 fully saturated rings. The largest absolute Gasteiger partial charge is 0.397 e. The second-order valence-corrected chi connectivity index (χ2v) is 4.87. The van der Waals surface area contributed by atoms with E-state index in [1.807, 2.05) is 6.92 Å². The molecular weight excluding hydrogens is 258 g/mol. The number of aromatic amines is 1. The van der Waals surface area contributed by atoms with Crippen molar-refractivity contribution in [1.29, 1.82) is 0 Å². The van der Waals surface area contributed by atoms with Crippen molar-refractivity contribution in [3.05, 3.63) is 18.0 Å². The van der Waals surface area contributed by atoms with E-state index in [-0.39, 0.29) is 11.8 Å². The lowest BCUT2D eigenvalue weighted by atomic mass is 10.2. The smallest absolute Gasteiger partial charge is 0.270 e. The van der Waals surface area contributed by atoms with Gasteiger partial charge in [0, 0.05) is 44.6 Å². The molecule has 0 radical (unpaired) electrons. The lowest BCUT2D eigenvalue weighted by molar-refractivity contribution is -0.122. The fourth-order valence-corrected chi connectivity index (χ4v) is 2.27. The van der Waals surface area contributed by atoms with E-state index in [1.54, 1.807) is 17.2 Å². The van der Waals surface area contributed by atoms with Gasteiger partial charge < -0.3 is 20.9 Å². The molecule has 1 aliphatic rings. The van der Waals surface area contributed by atoms with Gasteiger partial charge in [-0.2, -0.15) is 0 Å². The summed E-state index contributed by atoms with van der Waals surface area (Å²) >= 11 is 0. The number of nitrogens with two attached hydrogens (primary N) is 1. The highest BCUT2D eigenvalue weighted by atomic mass is 16.2. The zero-order chi connectivity index (χ0) is 14.5. The van der Waals surface area contributed by atoms with Gasteiger partial charge in [0.25, 0.3) is 5.91 Å². The average molecular weight is 279 g/mol. The summed E-state index contributed by atoms with van der Waals surface area (Å²) in [5, 5.41) is 2.78. The number of hydrogen-bond donors (Lipinski definition) is 3. The molecule has 1 aromatic rings. The summed E-state index contributed by atoms with van der Waals surface area (Å²) in [6.07, 6.45) is 1.61. The Morgan fingerprint density at radius 1 is 1.35 bits per heavy atom. The van der Waals surface area contributed by atoms with Crippen LogP contribution in [0.5, 0.6) is 0 Å². The minimum absolute atomic E-state index is 0.0319. The average Bonchev–Trinajstić information content (AvgIpc) is 2.86. The van der Waals surface area contributed by atoms with Crippen molar-refractivity contribution in [2.45, 2.75) is 6.92 Å². The molecule has 1 aliphatic heterocycles. The highest BCUT2D eigenvalue weighted by Crippen LogP contribution is 2.10. The molecule has 0 aromatic carbocycles. The molecule has 2 rings (SSSR count). The van der Waals surface area contributed by atoms with E-state index in [4.69, 9.17) is 5.73 Å². The Balaban J connectivity index is 1.82. The van der Waals surface area contributed by atoms with Crippen LogP contribution < -0.4 is 11.1 Å². The quantitative estimate of drug-likeness (QED) is 0.692. The number of nitrogens with zero attached hydrogens (tertiary/aromatic N) is 2. The first-order valence-electron chi connectivity index (χ1n) is 6.82. The molecule has 7 nitrogen and oxygen atoms in total. The number of aromatic nitrogens is 1. The first kappa shape index (κ1) is 14.4. The number of anilines is 1. The van der Waals surface area contributed by atoms with Crippen molar-refractivity contribution in [1.82, 2.24) is 20.1 Å². The number of carbonyl (C=O) groups is 2. The molecule has 2 amide bonds. The molecular formula is C13H21N5O2. The van der Waals surface area contributed by atoms with Crippen LogP contribution in [0, 0.1) is 0 Å². The molecule has 1 saturated heterocycles. The van der Waals surface area contributed by atoms with Gasteiger partial charge in [0.1, 0.15) is 5.69 Å². The normalized spacial score (nSPS) is 16.1. The molecule has 1 aromatic heterocycles. The standard InChI is InChI=1S/C13H21N5O2/c1-2-15-12(19)9-17-3-5-18(6-4-17)13(20)11-7-10(14)8-16-11/h7-8,16H,2-6,9,14H2,1H3,(H,15,19). The second-order valence-electron chi connectivity index (χ2n) is 4.87. The summed E-state index contributed by atoms with van der Waals surface area (Å²) in [7, 11) is 0. The molecule has 0 spiro atoms. The number of rotatable bonds is 4. The van der Waals surface area contributed by atoms with E-state index in [0.29, 0.717) is 50.6 Å². The minimum Gasteiger partial charge on any atom is -0.397 e. The fourth-order valence-electron chi connectivity index (χ4n) is 2.27. The van der Waals surface area contributed by atoms with E-state index >= 15 is 0 Å². The van der Waals surface area contributed by atoms with E-state index < -0.39 is 0 Å². The molecule has 20 heavy (non-hydrogen) atoms. The van der Waals surface area contributed by atoms with E-state index in [0.717, 1.165) is 0 Å². The van der Waals surface area contributed by atoms with Crippen LogP contribution in [0.15, 0.2) is 12.3 Å². The van der Waals surface area contributed by atoms with Crippen LogP contribution in [-0.4, -0.2) is 65.9 Å². The highest BCUT2D eigenvalue weighted by Gasteiger charge is 2.23. The van der Waals surface area contributed by atoms with Gasteiger partial charge in [-0.1, -0.05) is 0 Å². The summed E-state index contributed by atoms with van der Waals surface area (Å²) in [6, 6.07) is 1.64. The van der Waals surface area contributed by atoms with Gasteiger partial charge in [-0.3, -0.25) is 14.5 Å². The molecule has 7 heteroatoms. The third-order valence-electron chi connectivity index (χ3n) is 3.34. The van der Waals surface area contributed by atoms with Crippen LogP contribution in [0.25, 0.3) is 0 Å². The molecule has 0 aliphatic carbocycles. The van der Waals surface area contributed by atoms with Crippen molar-refractivity contribution >= 4 is 17.5 Å². The number of carbonyl (C=O) groups excluding carboxylic acids is 2. The van der Waals surface area contributed by atoms with Gasteiger partial charge in [-0.05, 0) is 13.0 Å². The Hall–Kier alpha value is -2.02. The predicted octanol–water partition coefficient (Wildman–Crippen LogP) is -0.509. The summed E-state index contributed by atoms with van der Waals surface area (Å²) in [5.41, 5.74) is 6.67. The lowest BCUT2D eigenvalue weighted by Gasteiger charge is -2.34. The van der Waals surface area contributed by atoms with Gasteiger partial charge in [-0.25, -0.2) is 0 Å². The SMILES string of the molecule is CCNC(=O)CN1CCN(C(=O)c2cc(N)c[nH]2)CC1. The zero-order valence-corrected chi connectivity index (χ0v) is 11.7. The highest BCUT2D eigenvalue weighted by molar-refractivity contribution is 5.93. The summed E-state index contributed by atoms with van der Waals surface area (Å²) in [5.74, 6) is -0.0104. The summed E-state index contributed by atoms with van der Waals surface area (Å²) in [6.45, 7) is 5.60. The third kappa shape index (κ3) is 3.51. The van der Waals surface area contributed by atoms with Gasteiger partial charge in [0.15, 0.2) is 0 Å². The topological polar surface area (TPSA) is 94.5 Å². The molecule has 0 atom stereocenters. The van der Waals surface area contributed by atoms with Crippen LogP contribution in [0.4, 0.5) is 5.69 Å². The monoisotopic (exact) mass is 279 g/mol. The Bertz CT molecular complexity index is 477. The van der Waals surface area contributed by atoms with Crippen molar-refractivity contribution in [2.24, 2.45) is 0 Å². The summed E-state index contributed by atoms with van der Waals surface area (Å²) < 4.78 is 0. The van der Waals surface area contributed by atoms with Crippen molar-refractivity contribution < 1.29 is 9.59 Å². The van der Waals surface area contributed by atoms with Crippen molar-refractivity contribution in [3.63, 3.8) is 0 Å². The maximum atomic E-state index is 12.2. The number of likely N-dealkylation sites (N-methyl/N-ethyl adjacent to an activating group) is 1. The maximum absolute atomic E-state index is 12.2. The first-order valence-corrected chi connectivity index (χ1v) is 6.82. The summed E-state index contributed by atoms with van der Waals surface area (Å²) in [4.78, 5) is 30.4. The van der Waals surface area contributed by atoms with Gasteiger partial charge >= 0.3 is 0 Å². The number of amides is 2. The fraction of sp³-hybridized carbons (Fsp3) is 0.538. The lowest BCUT2D eigenvalue weighted by Crippen LogP contribution is -2.51. The number of hydrogen-bond acceptors (Lipinski definition) is 4. The Morgan fingerprint density at radius 3 is 2.60 bits per heavy atom. The molecule has 0 saturated carbocycles. The molecule has 2 heterocycles. The zero-order valence-electron chi connectivity index (χ0n) is 11.7. The molecule has 110 valence electrons. The molecule has 4 N–H and O–H groups in total. The second kappa shape index (κ2) is 6.42. The van der Waals surface area contributed by atoms with Crippen molar-refractivity contribution in [2.75, 3.05) is 45.0 Å². The van der Waals surface area contributed by atoms with Crippen LogP contribution in [0.3, 0.4) is 0 Å². The third-order valence-corrected chi connectivity index (χ3v) is 3.34. The van der Waals surface area contributed by atoms with E-state index in [2.05, 4.69) is 15.2 Å². The van der Waals surface area contributed by atoms with Gasteiger partial charge in [-0.15, -0.1) is 0 Å². The number of nitrogen functional groups attached to an aromatic ring is 1. The van der Waals surface area contributed by atoms with Gasteiger partial charge in [0.05, 0.1) is 6.54 Å². The minimum atomic E-state index is -0.0423. The Morgan fingerprint density at radius 2 is 2.05 bits per heavy atom. The number of nitrogens with one attached hydrogen (secondary N) is 2. The Labute approximate surface area is 118 Å². The van der Waals surface area contributed by atoms with E-state index in [9.17, 15) is 9.59 Å². The van der Waals surface area contributed by atoms with E-state index in [1.165, 1.54) is 0 Å². The number of H-pyrrole nitrogens is 1. The maximum Gasteiger partial charge on any atom is 0.270 e. The van der Waals surface area contributed by atoms with Crippen LogP contribution in [0.2, 0.25) is 0 Å². The Kier molecular flexibility index (Phi) is 4.62. The molecule has 0 unspecified atom stereocenters. The van der Waals surface area contributed by atoms with Crippen molar-refractivity contribution in [3.8, 4) is 0 Å². The molecule has 0 bridgehead atoms. The predicted molar refractivity (Wildman–Crippen MR) is 76.2 cm³/mol. The van der Waals surface area contributed by atoms with Crippen LogP contribution in [0.1, 0.15) is 17.4 Å². The van der Waals surface area contributed by atoms with Gasteiger partial charge in [0.2, 0.25) is 5.91 Å².